The van der Waals surface area contributed by atoms with Gasteiger partial charge in [-0.1, -0.05) is 33.6 Å². The molecule has 0 aliphatic rings. The molecule has 0 nitrogen and oxygen atoms in total. The first-order chi connectivity index (χ1) is 7.99. The second-order valence-corrected chi connectivity index (χ2v) is 7.78. The highest BCUT2D eigenvalue weighted by Gasteiger charge is 2.15. The minimum atomic E-state index is 0.231. The van der Waals surface area contributed by atoms with Crippen LogP contribution in [-0.2, 0) is 0 Å². The summed E-state index contributed by atoms with van der Waals surface area (Å²) in [5, 5.41) is 0.832. The topological polar surface area (TPSA) is 0 Å². The van der Waals surface area contributed by atoms with Gasteiger partial charge in [-0.25, -0.2) is 0 Å². The van der Waals surface area contributed by atoms with Gasteiger partial charge in [0.1, 0.15) is 0 Å². The van der Waals surface area contributed by atoms with Gasteiger partial charge in [-0.3, -0.25) is 0 Å². The molecule has 4 heteroatoms. The fraction of sp³-hybridized carbons (Fsp3) is 0.231. The Morgan fingerprint density at radius 3 is 2.47 bits per heavy atom. The number of benzene rings is 1. The summed E-state index contributed by atoms with van der Waals surface area (Å²) >= 11 is 15.1. The highest BCUT2D eigenvalue weighted by molar-refractivity contribution is 9.11. The lowest BCUT2D eigenvalue weighted by Gasteiger charge is -2.13. The van der Waals surface area contributed by atoms with E-state index >= 15 is 0 Å². The van der Waals surface area contributed by atoms with Crippen molar-refractivity contribution in [3.63, 3.8) is 0 Å². The van der Waals surface area contributed by atoms with E-state index in [0.717, 1.165) is 14.4 Å². The maximum Gasteiger partial charge on any atom is 0.0741 e. The molecule has 0 fully saturated rings. The van der Waals surface area contributed by atoms with Gasteiger partial charge in [0.15, 0.2) is 0 Å². The van der Waals surface area contributed by atoms with Crippen LogP contribution < -0.4 is 0 Å². The second kappa shape index (κ2) is 5.43. The molecule has 0 spiro atoms. The van der Waals surface area contributed by atoms with Gasteiger partial charge in [-0.15, -0.1) is 11.3 Å². The van der Waals surface area contributed by atoms with E-state index in [1.807, 2.05) is 13.0 Å². The zero-order valence-corrected chi connectivity index (χ0v) is 14.2. The van der Waals surface area contributed by atoms with E-state index in [4.69, 9.17) is 11.6 Å². The maximum atomic E-state index is 6.12. The summed E-state index contributed by atoms with van der Waals surface area (Å²) in [5.41, 5.74) is 3.61. The summed E-state index contributed by atoms with van der Waals surface area (Å²) in [5.74, 6) is 0. The predicted octanol–water partition coefficient (Wildman–Crippen LogP) is 6.27. The molecule has 1 aromatic carbocycles. The molecule has 0 bridgehead atoms. The first-order valence-electron chi connectivity index (χ1n) is 5.15. The number of hydrogen-bond donors (Lipinski definition) is 0. The van der Waals surface area contributed by atoms with Crippen LogP contribution in [0.2, 0.25) is 5.02 Å². The molecule has 0 radical (unpaired) electrons. The number of alkyl halides is 1. The van der Waals surface area contributed by atoms with Crippen LogP contribution in [0, 0.1) is 13.8 Å². The molecule has 0 aliphatic carbocycles. The molecule has 0 aliphatic heterocycles. The Balaban J connectivity index is 2.43. The molecule has 0 saturated heterocycles. The van der Waals surface area contributed by atoms with E-state index in [-0.39, 0.29) is 4.83 Å². The quantitative estimate of drug-likeness (QED) is 0.527. The SMILES string of the molecule is Cc1cc(C(Br)c2ccc(Br)s2)c(C)cc1Cl. The molecule has 1 atom stereocenters. The molecule has 1 unspecified atom stereocenters. The van der Waals surface area contributed by atoms with Crippen LogP contribution in [0.3, 0.4) is 0 Å². The normalized spacial score (nSPS) is 12.8. The fourth-order valence-electron chi connectivity index (χ4n) is 1.69. The van der Waals surface area contributed by atoms with Crippen LogP contribution in [0.4, 0.5) is 0 Å². The van der Waals surface area contributed by atoms with Gasteiger partial charge in [0.05, 0.1) is 8.61 Å². The molecule has 1 heterocycles. The summed E-state index contributed by atoms with van der Waals surface area (Å²) in [7, 11) is 0. The van der Waals surface area contributed by atoms with E-state index in [2.05, 4.69) is 57.0 Å². The molecule has 0 N–H and O–H groups in total. The van der Waals surface area contributed by atoms with E-state index in [0.29, 0.717) is 0 Å². The van der Waals surface area contributed by atoms with Crippen molar-refractivity contribution in [2.24, 2.45) is 0 Å². The third-order valence-electron chi connectivity index (χ3n) is 2.66. The molecule has 1 aromatic heterocycles. The van der Waals surface area contributed by atoms with E-state index in [1.54, 1.807) is 11.3 Å². The van der Waals surface area contributed by atoms with E-state index in [9.17, 15) is 0 Å². The zero-order valence-electron chi connectivity index (χ0n) is 9.43. The molecule has 17 heavy (non-hydrogen) atoms. The van der Waals surface area contributed by atoms with Gasteiger partial charge >= 0.3 is 0 Å². The minimum absolute atomic E-state index is 0.231. The van der Waals surface area contributed by atoms with Gasteiger partial charge in [-0.05, 0) is 64.7 Å². The molecule has 2 aromatic rings. The van der Waals surface area contributed by atoms with Crippen molar-refractivity contribution < 1.29 is 0 Å². The Morgan fingerprint density at radius 1 is 1.18 bits per heavy atom. The smallest absolute Gasteiger partial charge is 0.0741 e. The van der Waals surface area contributed by atoms with Crippen molar-refractivity contribution in [1.82, 2.24) is 0 Å². The fourth-order valence-corrected chi connectivity index (χ4v) is 4.26. The Morgan fingerprint density at radius 2 is 1.88 bits per heavy atom. The van der Waals surface area contributed by atoms with Crippen molar-refractivity contribution in [2.75, 3.05) is 0 Å². The lowest BCUT2D eigenvalue weighted by atomic mass is 10.0. The number of thiophene rings is 1. The third kappa shape index (κ3) is 2.95. The van der Waals surface area contributed by atoms with Crippen LogP contribution in [0.15, 0.2) is 28.1 Å². The van der Waals surface area contributed by atoms with Gasteiger partial charge < -0.3 is 0 Å². The second-order valence-electron chi connectivity index (χ2n) is 3.96. The molecule has 0 saturated carbocycles. The van der Waals surface area contributed by atoms with Crippen LogP contribution in [-0.4, -0.2) is 0 Å². The van der Waals surface area contributed by atoms with Crippen LogP contribution >= 0.6 is 54.8 Å². The molecule has 2 rings (SSSR count). The van der Waals surface area contributed by atoms with Gasteiger partial charge in [0.25, 0.3) is 0 Å². The lowest BCUT2D eigenvalue weighted by Crippen LogP contribution is -1.95. The highest BCUT2D eigenvalue weighted by Crippen LogP contribution is 2.39. The third-order valence-corrected chi connectivity index (χ3v) is 6.05. The number of aryl methyl sites for hydroxylation is 2. The van der Waals surface area contributed by atoms with Crippen molar-refractivity contribution in [3.8, 4) is 0 Å². The Kier molecular flexibility index (Phi) is 4.35. The van der Waals surface area contributed by atoms with Crippen molar-refractivity contribution in [3.05, 3.63) is 54.6 Å². The Hall–Kier alpha value is 0.170. The lowest BCUT2D eigenvalue weighted by molar-refractivity contribution is 1.16. The van der Waals surface area contributed by atoms with Crippen molar-refractivity contribution >= 4 is 54.8 Å². The predicted molar refractivity (Wildman–Crippen MR) is 83.7 cm³/mol. The largest absolute Gasteiger partial charge is 0.132 e. The average molecular weight is 395 g/mol. The van der Waals surface area contributed by atoms with Crippen LogP contribution in [0.5, 0.6) is 0 Å². The first-order valence-corrected chi connectivity index (χ1v) is 8.05. The number of hydrogen-bond acceptors (Lipinski definition) is 1. The molecular weight excluding hydrogens is 383 g/mol. The number of rotatable bonds is 2. The molecule has 90 valence electrons. The molecular formula is C13H11Br2ClS. The van der Waals surface area contributed by atoms with Gasteiger partial charge in [0, 0.05) is 9.90 Å². The summed E-state index contributed by atoms with van der Waals surface area (Å²) < 4.78 is 1.15. The molecule has 0 amide bonds. The average Bonchev–Trinajstić information content (AvgIpc) is 2.69. The first kappa shape index (κ1) is 13.6. The van der Waals surface area contributed by atoms with Gasteiger partial charge in [0.2, 0.25) is 0 Å². The van der Waals surface area contributed by atoms with Gasteiger partial charge in [-0.2, -0.15) is 0 Å². The van der Waals surface area contributed by atoms with E-state index in [1.165, 1.54) is 16.0 Å². The summed E-state index contributed by atoms with van der Waals surface area (Å²) in [4.78, 5) is 1.52. The van der Waals surface area contributed by atoms with E-state index < -0.39 is 0 Å². The summed E-state index contributed by atoms with van der Waals surface area (Å²) in [6, 6.07) is 8.40. The Bertz CT molecular complexity index is 548. The minimum Gasteiger partial charge on any atom is -0.132 e. The van der Waals surface area contributed by atoms with Crippen molar-refractivity contribution in [2.45, 2.75) is 18.7 Å². The van der Waals surface area contributed by atoms with Crippen LogP contribution in [0.1, 0.15) is 26.4 Å². The number of halogens is 3. The highest BCUT2D eigenvalue weighted by atomic mass is 79.9. The zero-order chi connectivity index (χ0) is 12.6. The monoisotopic (exact) mass is 392 g/mol. The standard InChI is InChI=1S/C13H11Br2ClS/c1-7-6-10(16)8(2)5-9(7)13(15)11-3-4-12(14)17-11/h3-6,13H,1-2H3. The van der Waals surface area contributed by atoms with Crippen LogP contribution in [0.25, 0.3) is 0 Å². The van der Waals surface area contributed by atoms with Crippen molar-refractivity contribution in [1.29, 1.82) is 0 Å². The Labute approximate surface area is 127 Å². The summed E-state index contributed by atoms with van der Waals surface area (Å²) in [6.07, 6.45) is 0. The summed E-state index contributed by atoms with van der Waals surface area (Å²) in [6.45, 7) is 4.13. The maximum absolute atomic E-state index is 6.12.